The highest BCUT2D eigenvalue weighted by atomic mass is 35.5. The van der Waals surface area contributed by atoms with E-state index in [4.69, 9.17) is 11.6 Å². The molecule has 0 aliphatic rings. The van der Waals surface area contributed by atoms with Gasteiger partial charge in [0.2, 0.25) is 5.78 Å². The van der Waals surface area contributed by atoms with Crippen LogP contribution in [0.3, 0.4) is 0 Å². The van der Waals surface area contributed by atoms with Gasteiger partial charge in [0.15, 0.2) is 0 Å². The lowest BCUT2D eigenvalue weighted by Crippen LogP contribution is -2.11. The number of carboxylic acid groups (broad SMARTS) is 1. The number of halogens is 2. The van der Waals surface area contributed by atoms with Gasteiger partial charge in [0.05, 0.1) is 17.4 Å². The Morgan fingerprint density at radius 1 is 1.07 bits per heavy atom. The topological polar surface area (TPSA) is 70.5 Å². The zero-order chi connectivity index (χ0) is 20.3. The van der Waals surface area contributed by atoms with Crippen molar-refractivity contribution < 1.29 is 19.1 Å². The summed E-state index contributed by atoms with van der Waals surface area (Å²) >= 11 is 5.90. The molecule has 0 aliphatic heterocycles. The molecule has 1 N–H and O–H groups in total. The van der Waals surface area contributed by atoms with E-state index >= 15 is 0 Å². The summed E-state index contributed by atoms with van der Waals surface area (Å²) in [5, 5.41) is 9.82. The molecule has 7 heteroatoms. The number of carbonyl (C=O) groups excluding carboxylic acids is 1. The zero-order valence-corrected chi connectivity index (χ0v) is 15.7. The lowest BCUT2D eigenvalue weighted by atomic mass is 10.0. The second kappa shape index (κ2) is 8.19. The Kier molecular flexibility index (Phi) is 5.70. The van der Waals surface area contributed by atoms with Gasteiger partial charge in [-0.2, -0.15) is 0 Å². The number of aromatic carboxylic acids is 1. The molecule has 142 valence electrons. The number of ketones is 1. The number of hydrogen-bond acceptors (Lipinski definition) is 4. The maximum absolute atomic E-state index is 12.9. The minimum Gasteiger partial charge on any atom is -0.478 e. The van der Waals surface area contributed by atoms with Gasteiger partial charge in [-0.3, -0.25) is 9.78 Å². The minimum absolute atomic E-state index is 0.0250. The van der Waals surface area contributed by atoms with Crippen LogP contribution in [0.25, 0.3) is 0 Å². The molecule has 0 spiro atoms. The molecule has 2 aromatic carbocycles. The largest absolute Gasteiger partial charge is 0.478 e. The van der Waals surface area contributed by atoms with Gasteiger partial charge in [0.25, 0.3) is 0 Å². The third-order valence-electron chi connectivity index (χ3n) is 4.33. The first-order valence-corrected chi connectivity index (χ1v) is 8.70. The van der Waals surface area contributed by atoms with Crippen molar-refractivity contribution in [2.24, 2.45) is 0 Å². The van der Waals surface area contributed by atoms with Crippen LogP contribution in [0.5, 0.6) is 0 Å². The van der Waals surface area contributed by atoms with Crippen LogP contribution in [-0.4, -0.2) is 28.9 Å². The Balaban J connectivity index is 1.85. The lowest BCUT2D eigenvalue weighted by Gasteiger charge is -2.19. The maximum atomic E-state index is 12.9. The summed E-state index contributed by atoms with van der Waals surface area (Å²) in [7, 11) is 1.86. The molecule has 1 aromatic heterocycles. The number of pyridine rings is 1. The van der Waals surface area contributed by atoms with Crippen molar-refractivity contribution in [2.45, 2.75) is 6.67 Å². The predicted octanol–water partition coefficient (Wildman–Crippen LogP) is 4.90. The number of carbonyl (C=O) groups is 2. The third-order valence-corrected chi connectivity index (χ3v) is 4.58. The van der Waals surface area contributed by atoms with Gasteiger partial charge in [0, 0.05) is 23.3 Å². The van der Waals surface area contributed by atoms with Crippen LogP contribution in [-0.2, 0) is 6.67 Å². The fraction of sp³-hybridized carbons (Fsp3) is 0.0952. The molecule has 1 heterocycles. The van der Waals surface area contributed by atoms with Gasteiger partial charge in [-0.25, -0.2) is 9.18 Å². The molecule has 3 rings (SSSR count). The number of anilines is 2. The second-order valence-corrected chi connectivity index (χ2v) is 6.51. The SMILES string of the molecule is CN(c1ccc(Cl)cc1)c1ccc(C(=O)c2ccc(CF)c(C(=O)O)c2)nc1. The van der Waals surface area contributed by atoms with Crippen molar-refractivity contribution in [3.05, 3.63) is 88.2 Å². The summed E-state index contributed by atoms with van der Waals surface area (Å²) in [5.74, 6) is -1.72. The number of alkyl halides is 1. The van der Waals surface area contributed by atoms with Crippen LogP contribution < -0.4 is 4.90 Å². The smallest absolute Gasteiger partial charge is 0.336 e. The third kappa shape index (κ3) is 4.02. The van der Waals surface area contributed by atoms with Crippen molar-refractivity contribution in [3.63, 3.8) is 0 Å². The molecule has 5 nitrogen and oxygen atoms in total. The normalized spacial score (nSPS) is 10.5. The van der Waals surface area contributed by atoms with Crippen molar-refractivity contribution in [1.82, 2.24) is 4.98 Å². The fourth-order valence-electron chi connectivity index (χ4n) is 2.71. The first-order valence-electron chi connectivity index (χ1n) is 8.33. The van der Waals surface area contributed by atoms with E-state index in [2.05, 4.69) is 4.98 Å². The lowest BCUT2D eigenvalue weighted by molar-refractivity contribution is 0.0694. The number of carboxylic acids is 1. The van der Waals surface area contributed by atoms with E-state index in [9.17, 15) is 19.1 Å². The van der Waals surface area contributed by atoms with E-state index in [-0.39, 0.29) is 22.4 Å². The van der Waals surface area contributed by atoms with Gasteiger partial charge >= 0.3 is 5.97 Å². The van der Waals surface area contributed by atoms with Gasteiger partial charge < -0.3 is 10.0 Å². The Labute approximate surface area is 166 Å². The Hall–Kier alpha value is -3.25. The van der Waals surface area contributed by atoms with Crippen LogP contribution in [0.1, 0.15) is 32.0 Å². The first kappa shape index (κ1) is 19.5. The van der Waals surface area contributed by atoms with Crippen LogP contribution in [0.4, 0.5) is 15.8 Å². The summed E-state index contributed by atoms with van der Waals surface area (Å²) in [5.41, 5.74) is 1.76. The molecular formula is C21H16ClFN2O3. The predicted molar refractivity (Wildman–Crippen MR) is 105 cm³/mol. The Morgan fingerprint density at radius 3 is 2.32 bits per heavy atom. The van der Waals surface area contributed by atoms with E-state index in [0.29, 0.717) is 5.02 Å². The van der Waals surface area contributed by atoms with Gasteiger partial charge in [-0.05, 0) is 48.0 Å². The van der Waals surface area contributed by atoms with Crippen molar-refractivity contribution in [1.29, 1.82) is 0 Å². The molecule has 0 saturated heterocycles. The maximum Gasteiger partial charge on any atom is 0.336 e. The van der Waals surface area contributed by atoms with Gasteiger partial charge in [-0.15, -0.1) is 0 Å². The molecule has 0 radical (unpaired) electrons. The van der Waals surface area contributed by atoms with E-state index < -0.39 is 18.4 Å². The quantitative estimate of drug-likeness (QED) is 0.598. The summed E-state index contributed by atoms with van der Waals surface area (Å²) in [6.45, 7) is -0.917. The molecule has 0 atom stereocenters. The molecule has 0 fully saturated rings. The summed E-state index contributed by atoms with van der Waals surface area (Å²) in [6, 6.07) is 14.5. The van der Waals surface area contributed by atoms with Crippen LogP contribution in [0.2, 0.25) is 5.02 Å². The molecule has 0 bridgehead atoms. The van der Waals surface area contributed by atoms with Crippen molar-refractivity contribution >= 4 is 34.7 Å². The molecule has 0 saturated carbocycles. The van der Waals surface area contributed by atoms with Crippen molar-refractivity contribution in [2.75, 3.05) is 11.9 Å². The van der Waals surface area contributed by atoms with Crippen LogP contribution in [0.15, 0.2) is 60.8 Å². The summed E-state index contributed by atoms with van der Waals surface area (Å²) < 4.78 is 12.9. The molecular weight excluding hydrogens is 383 g/mol. The number of aromatic nitrogens is 1. The highest BCUT2D eigenvalue weighted by molar-refractivity contribution is 6.30. The second-order valence-electron chi connectivity index (χ2n) is 6.08. The number of nitrogens with zero attached hydrogens (tertiary/aromatic N) is 2. The molecule has 0 unspecified atom stereocenters. The van der Waals surface area contributed by atoms with E-state index in [1.807, 2.05) is 24.1 Å². The average Bonchev–Trinajstić information content (AvgIpc) is 2.73. The highest BCUT2D eigenvalue weighted by Gasteiger charge is 2.17. The van der Waals surface area contributed by atoms with E-state index in [1.54, 1.807) is 30.5 Å². The summed E-state index contributed by atoms with van der Waals surface area (Å²) in [6.07, 6.45) is 1.55. The van der Waals surface area contributed by atoms with Crippen LogP contribution in [0, 0.1) is 0 Å². The highest BCUT2D eigenvalue weighted by Crippen LogP contribution is 2.25. The number of rotatable bonds is 6. The van der Waals surface area contributed by atoms with E-state index in [0.717, 1.165) is 11.4 Å². The zero-order valence-electron chi connectivity index (χ0n) is 14.9. The van der Waals surface area contributed by atoms with Gasteiger partial charge in [0.1, 0.15) is 12.4 Å². The molecule has 3 aromatic rings. The summed E-state index contributed by atoms with van der Waals surface area (Å²) in [4.78, 5) is 30.0. The monoisotopic (exact) mass is 398 g/mol. The molecule has 0 aliphatic carbocycles. The molecule has 0 amide bonds. The number of benzene rings is 2. The minimum atomic E-state index is -1.28. The van der Waals surface area contributed by atoms with Crippen LogP contribution >= 0.6 is 11.6 Å². The fourth-order valence-corrected chi connectivity index (χ4v) is 2.84. The van der Waals surface area contributed by atoms with Crippen molar-refractivity contribution in [3.8, 4) is 0 Å². The average molecular weight is 399 g/mol. The molecule has 28 heavy (non-hydrogen) atoms. The Bertz CT molecular complexity index is 1020. The number of hydrogen-bond donors (Lipinski definition) is 1. The van der Waals surface area contributed by atoms with Gasteiger partial charge in [-0.1, -0.05) is 23.7 Å². The standard InChI is InChI=1S/C21H16ClFN2O3/c1-25(16-6-4-15(22)5-7-16)17-8-9-19(24-12-17)20(26)13-2-3-14(11-23)18(10-13)21(27)28/h2-10,12H,11H2,1H3,(H,27,28). The Morgan fingerprint density at radius 2 is 1.75 bits per heavy atom. The first-order chi connectivity index (χ1) is 13.4. The van der Waals surface area contributed by atoms with E-state index in [1.165, 1.54) is 18.2 Å².